The molecule has 75 heavy (non-hydrogen) atoms. The molecule has 18 N–H and O–H groups in total. The van der Waals surface area contributed by atoms with Crippen molar-refractivity contribution in [2.24, 2.45) is 27.9 Å². The number of aliphatic imine (C=N–C) groups is 1. The zero-order valence-electron chi connectivity index (χ0n) is 42.0. The van der Waals surface area contributed by atoms with Gasteiger partial charge in [0.05, 0.1) is 6.33 Å². The van der Waals surface area contributed by atoms with Crippen molar-refractivity contribution in [1.82, 2.24) is 57.5 Å². The Hall–Kier alpha value is -8.35. The van der Waals surface area contributed by atoms with Gasteiger partial charge in [0, 0.05) is 74.7 Å². The first-order valence-corrected chi connectivity index (χ1v) is 25.0. The number of fused-ring (bicyclic) bond motifs is 1. The third-order valence-corrected chi connectivity index (χ3v) is 12.4. The molecule has 5 rings (SSSR count). The maximum Gasteiger partial charge on any atom is 0.243 e. The molecule has 0 aliphatic carbocycles. The molecule has 2 aromatic heterocycles. The fraction of sp³-hybridized carbons (Fsp3) is 0.460. The van der Waals surface area contributed by atoms with Gasteiger partial charge in [0.25, 0.3) is 0 Å². The van der Waals surface area contributed by atoms with Gasteiger partial charge >= 0.3 is 0 Å². The van der Waals surface area contributed by atoms with Crippen LogP contribution >= 0.6 is 0 Å². The van der Waals surface area contributed by atoms with E-state index in [1.54, 1.807) is 42.6 Å². The van der Waals surface area contributed by atoms with E-state index in [1.165, 1.54) is 19.4 Å². The lowest BCUT2D eigenvalue weighted by Crippen LogP contribution is -2.60. The van der Waals surface area contributed by atoms with Crippen LogP contribution in [0.1, 0.15) is 81.5 Å². The van der Waals surface area contributed by atoms with Crippen LogP contribution in [-0.4, -0.2) is 136 Å². The number of carbonyl (C=O) groups excluding carboxylic acids is 9. The summed E-state index contributed by atoms with van der Waals surface area (Å²) in [5.41, 5.74) is 25.0. The summed E-state index contributed by atoms with van der Waals surface area (Å²) in [6.45, 7) is 1.64. The van der Waals surface area contributed by atoms with Crippen molar-refractivity contribution >= 4 is 70.0 Å². The molecule has 9 amide bonds. The Bertz CT molecular complexity index is 2600. The number of nitrogens with one attached hydrogen (secondary N) is 10. The molecule has 25 nitrogen and oxygen atoms in total. The Balaban J connectivity index is 1.55. The number of primary amides is 1. The van der Waals surface area contributed by atoms with Crippen LogP contribution < -0.4 is 65.5 Å². The van der Waals surface area contributed by atoms with E-state index in [9.17, 15) is 43.2 Å². The Morgan fingerprint density at radius 3 is 2.08 bits per heavy atom. The van der Waals surface area contributed by atoms with Crippen molar-refractivity contribution in [3.05, 3.63) is 90.1 Å². The monoisotopic (exact) mass is 1040 g/mol. The minimum atomic E-state index is -1.40. The quantitative estimate of drug-likeness (QED) is 0.0284. The van der Waals surface area contributed by atoms with Gasteiger partial charge in [-0.05, 0) is 75.1 Å². The third-order valence-electron chi connectivity index (χ3n) is 12.4. The second-order valence-corrected chi connectivity index (χ2v) is 18.3. The van der Waals surface area contributed by atoms with Crippen molar-refractivity contribution < 1.29 is 43.2 Å². The van der Waals surface area contributed by atoms with Crippen LogP contribution in [0.2, 0.25) is 0 Å². The zero-order chi connectivity index (χ0) is 54.3. The number of guanidine groups is 1. The Labute approximate surface area is 433 Å². The average Bonchev–Trinajstić information content (AvgIpc) is 4.05. The number of imidazole rings is 1. The van der Waals surface area contributed by atoms with Crippen LogP contribution in [0, 0.1) is 0 Å². The highest BCUT2D eigenvalue weighted by molar-refractivity contribution is 5.98. The van der Waals surface area contributed by atoms with E-state index in [4.69, 9.17) is 22.9 Å². The molecular formula is C50H70N16O9. The van der Waals surface area contributed by atoms with E-state index in [-0.39, 0.29) is 83.3 Å². The molecule has 25 heteroatoms. The molecule has 4 aromatic rings. The maximum atomic E-state index is 14.7. The van der Waals surface area contributed by atoms with Crippen LogP contribution in [0.4, 0.5) is 0 Å². The molecular weight excluding hydrogens is 969 g/mol. The number of rotatable bonds is 18. The van der Waals surface area contributed by atoms with E-state index >= 15 is 0 Å². The fourth-order valence-electron chi connectivity index (χ4n) is 8.48. The molecule has 0 spiro atoms. The molecule has 3 heterocycles. The number of unbranched alkanes of at least 4 members (excludes halogenated alkanes) is 1. The summed E-state index contributed by atoms with van der Waals surface area (Å²) in [6.07, 6.45) is 5.02. The first kappa shape index (κ1) is 57.5. The lowest BCUT2D eigenvalue weighted by molar-refractivity contribution is -0.135. The van der Waals surface area contributed by atoms with Gasteiger partial charge in [-0.15, -0.1) is 0 Å². The summed E-state index contributed by atoms with van der Waals surface area (Å²) in [4.78, 5) is 139. The van der Waals surface area contributed by atoms with E-state index in [0.29, 0.717) is 36.2 Å². The predicted octanol–water partition coefficient (Wildman–Crippen LogP) is -2.31. The lowest BCUT2D eigenvalue weighted by atomic mass is 10.0. The van der Waals surface area contributed by atoms with Crippen LogP contribution in [0.15, 0.2) is 78.3 Å². The molecule has 0 bridgehead atoms. The topological polar surface area (TPSA) is 411 Å². The second kappa shape index (κ2) is 29.4. The van der Waals surface area contributed by atoms with E-state index in [1.807, 2.05) is 18.2 Å². The maximum absolute atomic E-state index is 14.7. The largest absolute Gasteiger partial charge is 0.370 e. The van der Waals surface area contributed by atoms with Gasteiger partial charge in [-0.2, -0.15) is 0 Å². The number of hydrogen-bond acceptors (Lipinski definition) is 12. The summed E-state index contributed by atoms with van der Waals surface area (Å²) in [5.74, 6) is -6.93. The Morgan fingerprint density at radius 2 is 1.40 bits per heavy atom. The first-order chi connectivity index (χ1) is 36.0. The molecule has 0 saturated carbocycles. The van der Waals surface area contributed by atoms with Gasteiger partial charge < -0.3 is 75.4 Å². The van der Waals surface area contributed by atoms with Gasteiger partial charge in [0.1, 0.15) is 42.3 Å². The van der Waals surface area contributed by atoms with Gasteiger partial charge in [-0.3, -0.25) is 48.1 Å². The van der Waals surface area contributed by atoms with Crippen LogP contribution in [0.25, 0.3) is 10.9 Å². The fourth-order valence-corrected chi connectivity index (χ4v) is 8.48. The molecule has 0 radical (unpaired) electrons. The third kappa shape index (κ3) is 18.9. The van der Waals surface area contributed by atoms with Gasteiger partial charge in [-0.25, -0.2) is 4.98 Å². The number of nitrogens with zero attached hydrogens (tertiary/aromatic N) is 2. The summed E-state index contributed by atoms with van der Waals surface area (Å²) in [5, 5.41) is 22.5. The standard InChI is InChI=1S/C50H70N16O9/c1-29(67)60-36(15-7-8-20-51)44(70)62-37-16-9-21-56-42(68)19-18-35(43(52)69)61-48(74)40(24-31-26-58-34-14-6-5-13-33(31)34)65-45(71)38(17-10-22-57-50(53)54)63-47(73)39(23-30-11-3-2-4-12-30)64-49(75)41(66-46(37)72)25-32-27-55-28-59-32/h2-6,11-14,26-28,35-41,58H,7-10,15-25,51H2,1H3,(H2,52,69)(H,55,59)(H,56,68)(H,60,67)(H,61,74)(H,62,70)(H,63,73)(H,64,75)(H,65,71)(H,66,72)(H4,53,54,57)/t35-,36-,37-,38-,39+,40-,41-/m0/s1. The number of amides is 9. The van der Waals surface area contributed by atoms with Crippen molar-refractivity contribution in [3.8, 4) is 0 Å². The van der Waals surface area contributed by atoms with Crippen molar-refractivity contribution in [2.75, 3.05) is 19.6 Å². The number of hydrogen-bond donors (Lipinski definition) is 14. The predicted molar refractivity (Wildman–Crippen MR) is 277 cm³/mol. The van der Waals surface area contributed by atoms with E-state index in [2.05, 4.69) is 62.5 Å². The van der Waals surface area contributed by atoms with E-state index in [0.717, 1.165) is 10.9 Å². The highest BCUT2D eigenvalue weighted by Gasteiger charge is 2.35. The van der Waals surface area contributed by atoms with Crippen molar-refractivity contribution in [1.29, 1.82) is 0 Å². The Morgan fingerprint density at radius 1 is 0.747 bits per heavy atom. The molecule has 1 saturated heterocycles. The van der Waals surface area contributed by atoms with Crippen LogP contribution in [0.5, 0.6) is 0 Å². The molecule has 2 aromatic carbocycles. The summed E-state index contributed by atoms with van der Waals surface area (Å²) in [7, 11) is 0. The minimum Gasteiger partial charge on any atom is -0.370 e. The molecule has 1 fully saturated rings. The number of carbonyl (C=O) groups is 9. The van der Waals surface area contributed by atoms with Gasteiger partial charge in [-0.1, -0.05) is 48.5 Å². The molecule has 404 valence electrons. The van der Waals surface area contributed by atoms with E-state index < -0.39 is 95.5 Å². The first-order valence-electron chi connectivity index (χ1n) is 25.0. The SMILES string of the molecule is CC(=O)N[C@@H](CCCCN)C(=O)N[C@H]1CCCNC(=O)CC[C@@H](C(N)=O)NC(=O)[C@H](Cc2c[nH]c3ccccc23)NC(=O)[C@H](CCCN=C(N)N)NC(=O)[C@@H](Cc2ccccc2)NC(=O)[C@H](Cc2cnc[nH]2)NC1=O. The minimum absolute atomic E-state index is 0.0160. The summed E-state index contributed by atoms with van der Waals surface area (Å²) >= 11 is 0. The average molecular weight is 1040 g/mol. The summed E-state index contributed by atoms with van der Waals surface area (Å²) < 4.78 is 0. The lowest BCUT2D eigenvalue weighted by Gasteiger charge is -2.28. The smallest absolute Gasteiger partial charge is 0.243 e. The van der Waals surface area contributed by atoms with Gasteiger partial charge in [0.2, 0.25) is 53.2 Å². The van der Waals surface area contributed by atoms with Crippen molar-refractivity contribution in [2.45, 2.75) is 126 Å². The van der Waals surface area contributed by atoms with Crippen molar-refractivity contribution in [3.63, 3.8) is 0 Å². The van der Waals surface area contributed by atoms with Crippen LogP contribution in [0.3, 0.4) is 0 Å². The zero-order valence-corrected chi connectivity index (χ0v) is 42.0. The highest BCUT2D eigenvalue weighted by Crippen LogP contribution is 2.20. The molecule has 1 aliphatic rings. The second-order valence-electron chi connectivity index (χ2n) is 18.3. The molecule has 0 unspecified atom stereocenters. The number of aromatic nitrogens is 3. The summed E-state index contributed by atoms with van der Waals surface area (Å²) in [6, 6.07) is 6.74. The molecule has 7 atom stereocenters. The number of aromatic amines is 2. The number of benzene rings is 2. The highest BCUT2D eigenvalue weighted by atomic mass is 16.2. The Kier molecular flexibility index (Phi) is 22.5. The number of nitrogens with two attached hydrogens (primary N) is 4. The normalized spacial score (nSPS) is 21.2. The van der Waals surface area contributed by atoms with Gasteiger partial charge in [0.15, 0.2) is 5.96 Å². The molecule has 1 aliphatic heterocycles. The number of H-pyrrole nitrogens is 2. The van der Waals surface area contributed by atoms with Crippen LogP contribution in [-0.2, 0) is 62.4 Å². The number of para-hydroxylation sites is 1.